The first-order valence-corrected chi connectivity index (χ1v) is 6.39. The van der Waals surface area contributed by atoms with Gasteiger partial charge in [-0.05, 0) is 25.9 Å². The summed E-state index contributed by atoms with van der Waals surface area (Å²) in [5.74, 6) is 0.855. The molecule has 94 valence electrons. The van der Waals surface area contributed by atoms with Crippen molar-refractivity contribution in [1.82, 2.24) is 15.5 Å². The minimum atomic E-state index is 0.298. The zero-order valence-corrected chi connectivity index (χ0v) is 10.2. The van der Waals surface area contributed by atoms with Crippen molar-refractivity contribution in [3.63, 3.8) is 0 Å². The Morgan fingerprint density at radius 2 is 1.89 bits per heavy atom. The number of rotatable bonds is 3. The Bertz CT molecular complexity index is 489. The van der Waals surface area contributed by atoms with Crippen molar-refractivity contribution < 1.29 is 4.74 Å². The Kier molecular flexibility index (Phi) is 3.28. The number of hydrogen-bond donors (Lipinski definition) is 2. The molecule has 0 aliphatic carbocycles. The van der Waals surface area contributed by atoms with Gasteiger partial charge >= 0.3 is 0 Å². The summed E-state index contributed by atoms with van der Waals surface area (Å²) >= 11 is 0. The van der Waals surface area contributed by atoms with Crippen molar-refractivity contribution in [2.75, 3.05) is 13.1 Å². The molecule has 2 N–H and O–H groups in total. The van der Waals surface area contributed by atoms with E-state index in [1.165, 1.54) is 0 Å². The molecular formula is C14H17N3O. The Morgan fingerprint density at radius 1 is 1.11 bits per heavy atom. The molecular weight excluding hydrogens is 226 g/mol. The second-order valence-corrected chi connectivity index (χ2v) is 4.54. The highest BCUT2D eigenvalue weighted by molar-refractivity contribution is 5.65. The van der Waals surface area contributed by atoms with Gasteiger partial charge < -0.3 is 10.1 Å². The highest BCUT2D eigenvalue weighted by Gasteiger charge is 2.17. The van der Waals surface area contributed by atoms with E-state index in [1.54, 1.807) is 6.20 Å². The van der Waals surface area contributed by atoms with Crippen LogP contribution in [0.25, 0.3) is 11.3 Å². The van der Waals surface area contributed by atoms with E-state index in [-0.39, 0.29) is 0 Å². The van der Waals surface area contributed by atoms with Gasteiger partial charge in [-0.3, -0.25) is 5.10 Å². The molecule has 1 saturated heterocycles. The third-order valence-electron chi connectivity index (χ3n) is 3.25. The third kappa shape index (κ3) is 2.38. The molecule has 1 aliphatic rings. The molecule has 3 rings (SSSR count). The van der Waals surface area contributed by atoms with Gasteiger partial charge in [-0.1, -0.05) is 30.3 Å². The molecule has 1 aliphatic heterocycles. The van der Waals surface area contributed by atoms with Gasteiger partial charge in [0, 0.05) is 5.56 Å². The van der Waals surface area contributed by atoms with Crippen molar-refractivity contribution in [3.05, 3.63) is 36.5 Å². The van der Waals surface area contributed by atoms with E-state index in [0.717, 1.165) is 42.9 Å². The van der Waals surface area contributed by atoms with E-state index in [1.807, 2.05) is 18.2 Å². The average Bonchev–Trinajstić information content (AvgIpc) is 2.89. The summed E-state index contributed by atoms with van der Waals surface area (Å²) in [7, 11) is 0. The van der Waals surface area contributed by atoms with E-state index in [9.17, 15) is 0 Å². The molecule has 18 heavy (non-hydrogen) atoms. The topological polar surface area (TPSA) is 49.9 Å². The quantitative estimate of drug-likeness (QED) is 0.869. The summed E-state index contributed by atoms with van der Waals surface area (Å²) in [5.41, 5.74) is 2.08. The largest absolute Gasteiger partial charge is 0.486 e. The van der Waals surface area contributed by atoms with Crippen LogP contribution in [0.4, 0.5) is 0 Å². The second kappa shape index (κ2) is 5.23. The summed E-state index contributed by atoms with van der Waals surface area (Å²) in [5, 5.41) is 10.5. The van der Waals surface area contributed by atoms with Gasteiger partial charge in [0.05, 0.1) is 6.20 Å². The van der Waals surface area contributed by atoms with Crippen LogP contribution in [0.1, 0.15) is 12.8 Å². The van der Waals surface area contributed by atoms with Crippen molar-refractivity contribution in [1.29, 1.82) is 0 Å². The van der Waals surface area contributed by atoms with Crippen LogP contribution in [0.3, 0.4) is 0 Å². The first-order chi connectivity index (χ1) is 8.93. The number of piperidine rings is 1. The van der Waals surface area contributed by atoms with Crippen LogP contribution in [0.5, 0.6) is 5.75 Å². The number of aromatic amines is 1. The molecule has 0 saturated carbocycles. The van der Waals surface area contributed by atoms with E-state index in [4.69, 9.17) is 4.74 Å². The average molecular weight is 243 g/mol. The molecule has 4 heteroatoms. The first kappa shape index (κ1) is 11.3. The molecule has 2 heterocycles. The zero-order chi connectivity index (χ0) is 12.2. The maximum absolute atomic E-state index is 6.05. The van der Waals surface area contributed by atoms with Gasteiger partial charge in [0.25, 0.3) is 0 Å². The van der Waals surface area contributed by atoms with E-state index >= 15 is 0 Å². The fourth-order valence-corrected chi connectivity index (χ4v) is 2.27. The number of benzene rings is 1. The number of hydrogen-bond acceptors (Lipinski definition) is 3. The highest BCUT2D eigenvalue weighted by atomic mass is 16.5. The van der Waals surface area contributed by atoms with Crippen LogP contribution in [0.2, 0.25) is 0 Å². The Labute approximate surface area is 106 Å². The molecule has 1 fully saturated rings. The fraction of sp³-hybridized carbons (Fsp3) is 0.357. The van der Waals surface area contributed by atoms with Crippen LogP contribution >= 0.6 is 0 Å². The Hall–Kier alpha value is -1.81. The van der Waals surface area contributed by atoms with Gasteiger partial charge in [0.15, 0.2) is 5.75 Å². The van der Waals surface area contributed by atoms with Crippen molar-refractivity contribution >= 4 is 0 Å². The molecule has 1 aromatic carbocycles. The summed E-state index contributed by atoms with van der Waals surface area (Å²) in [6.07, 6.45) is 4.18. The Morgan fingerprint density at radius 3 is 2.67 bits per heavy atom. The highest BCUT2D eigenvalue weighted by Crippen LogP contribution is 2.28. The maximum atomic E-state index is 6.05. The zero-order valence-electron chi connectivity index (χ0n) is 10.2. The normalized spacial score (nSPS) is 16.7. The van der Waals surface area contributed by atoms with Gasteiger partial charge in [0.2, 0.25) is 0 Å². The number of nitrogens with zero attached hydrogens (tertiary/aromatic N) is 1. The van der Waals surface area contributed by atoms with Crippen molar-refractivity contribution in [3.8, 4) is 17.0 Å². The number of nitrogens with one attached hydrogen (secondary N) is 2. The van der Waals surface area contributed by atoms with Crippen molar-refractivity contribution in [2.24, 2.45) is 0 Å². The lowest BCUT2D eigenvalue weighted by molar-refractivity contribution is 0.163. The lowest BCUT2D eigenvalue weighted by atomic mass is 10.1. The lowest BCUT2D eigenvalue weighted by Gasteiger charge is -2.23. The minimum Gasteiger partial charge on any atom is -0.486 e. The maximum Gasteiger partial charge on any atom is 0.165 e. The van der Waals surface area contributed by atoms with Crippen LogP contribution < -0.4 is 10.1 Å². The summed E-state index contributed by atoms with van der Waals surface area (Å²) in [4.78, 5) is 0. The van der Waals surface area contributed by atoms with Gasteiger partial charge in [-0.15, -0.1) is 0 Å². The fourth-order valence-electron chi connectivity index (χ4n) is 2.27. The molecule has 4 nitrogen and oxygen atoms in total. The van der Waals surface area contributed by atoms with E-state index < -0.39 is 0 Å². The molecule has 2 aromatic rings. The Balaban J connectivity index is 1.79. The van der Waals surface area contributed by atoms with Crippen molar-refractivity contribution in [2.45, 2.75) is 18.9 Å². The van der Waals surface area contributed by atoms with Crippen LogP contribution in [0.15, 0.2) is 36.5 Å². The first-order valence-electron chi connectivity index (χ1n) is 6.39. The SMILES string of the molecule is c1ccc(-c2[nH]ncc2OC2CCNCC2)cc1. The van der Waals surface area contributed by atoms with E-state index in [2.05, 4.69) is 27.6 Å². The van der Waals surface area contributed by atoms with E-state index in [0.29, 0.717) is 6.10 Å². The number of H-pyrrole nitrogens is 1. The minimum absolute atomic E-state index is 0.298. The molecule has 0 radical (unpaired) electrons. The second-order valence-electron chi connectivity index (χ2n) is 4.54. The number of aromatic nitrogens is 2. The molecule has 0 bridgehead atoms. The third-order valence-corrected chi connectivity index (χ3v) is 3.25. The van der Waals surface area contributed by atoms with Gasteiger partial charge in [-0.25, -0.2) is 0 Å². The molecule has 0 amide bonds. The smallest absolute Gasteiger partial charge is 0.165 e. The predicted molar refractivity (Wildman–Crippen MR) is 70.5 cm³/mol. The number of ether oxygens (including phenoxy) is 1. The standard InChI is InChI=1S/C14H17N3O/c1-2-4-11(5-3-1)14-13(10-16-17-14)18-12-6-8-15-9-7-12/h1-5,10,12,15H,6-9H2,(H,16,17). The van der Waals surface area contributed by atoms with Gasteiger partial charge in [-0.2, -0.15) is 5.10 Å². The van der Waals surface area contributed by atoms with Crippen LogP contribution in [-0.2, 0) is 0 Å². The summed E-state index contributed by atoms with van der Waals surface area (Å²) in [6, 6.07) is 10.2. The molecule has 1 aromatic heterocycles. The summed E-state index contributed by atoms with van der Waals surface area (Å²) < 4.78 is 6.05. The molecule has 0 unspecified atom stereocenters. The predicted octanol–water partition coefficient (Wildman–Crippen LogP) is 2.21. The summed E-state index contributed by atoms with van der Waals surface area (Å²) in [6.45, 7) is 2.06. The lowest BCUT2D eigenvalue weighted by Crippen LogP contribution is -2.34. The molecule has 0 atom stereocenters. The monoisotopic (exact) mass is 243 g/mol. The molecule has 0 spiro atoms. The van der Waals surface area contributed by atoms with Gasteiger partial charge in [0.1, 0.15) is 11.8 Å². The van der Waals surface area contributed by atoms with Crippen LogP contribution in [-0.4, -0.2) is 29.4 Å². The van der Waals surface area contributed by atoms with Crippen LogP contribution in [0, 0.1) is 0 Å².